The lowest BCUT2D eigenvalue weighted by atomic mass is 10.0. The van der Waals surface area contributed by atoms with Crippen LogP contribution in [0.15, 0.2) is 18.2 Å². The fraction of sp³-hybridized carbons (Fsp3) is 0.562. The predicted molar refractivity (Wildman–Crippen MR) is 94.3 cm³/mol. The summed E-state index contributed by atoms with van der Waals surface area (Å²) >= 11 is 11.3. The van der Waals surface area contributed by atoms with Gasteiger partial charge in [-0.25, -0.2) is 4.79 Å². The largest absolute Gasteiger partial charge is 0.480 e. The zero-order valence-electron chi connectivity index (χ0n) is 14.1. The van der Waals surface area contributed by atoms with E-state index in [2.05, 4.69) is 33.0 Å². The van der Waals surface area contributed by atoms with E-state index in [4.69, 9.17) is 33.0 Å². The van der Waals surface area contributed by atoms with Crippen molar-refractivity contribution >= 4 is 29.2 Å². The van der Waals surface area contributed by atoms with E-state index in [1.165, 1.54) is 12.1 Å². The van der Waals surface area contributed by atoms with Crippen LogP contribution in [0.25, 0.3) is 0 Å². The van der Waals surface area contributed by atoms with Gasteiger partial charge in [0.1, 0.15) is 5.75 Å². The summed E-state index contributed by atoms with van der Waals surface area (Å²) in [6.45, 7) is 8.55. The van der Waals surface area contributed by atoms with Crippen molar-refractivity contribution in [2.75, 3.05) is 20.7 Å². The van der Waals surface area contributed by atoms with Crippen LogP contribution in [0.1, 0.15) is 27.7 Å². The average molecular weight is 352 g/mol. The summed E-state index contributed by atoms with van der Waals surface area (Å²) in [7, 11) is 3.75. The third-order valence-corrected chi connectivity index (χ3v) is 3.11. The molecule has 0 saturated heterocycles. The zero-order valence-corrected chi connectivity index (χ0v) is 15.6. The van der Waals surface area contributed by atoms with Crippen molar-refractivity contribution < 1.29 is 14.6 Å². The van der Waals surface area contributed by atoms with Crippen LogP contribution in [0.5, 0.6) is 5.75 Å². The van der Waals surface area contributed by atoms with Gasteiger partial charge in [0.15, 0.2) is 6.61 Å². The highest BCUT2D eigenvalue weighted by molar-refractivity contribution is 6.35. The minimum atomic E-state index is -1.05. The third-order valence-electron chi connectivity index (χ3n) is 2.58. The molecule has 0 fully saturated rings. The van der Waals surface area contributed by atoms with E-state index in [1.54, 1.807) is 6.07 Å². The number of aliphatic carboxylic acids is 1. The zero-order chi connectivity index (χ0) is 17.7. The fourth-order valence-corrected chi connectivity index (χ4v) is 1.19. The molecule has 4 nitrogen and oxygen atoms in total. The Bertz CT molecular complexity index is 418. The molecule has 0 amide bonds. The molecular formula is C16H27Cl2NO3. The van der Waals surface area contributed by atoms with Gasteiger partial charge in [-0.15, -0.1) is 0 Å². The van der Waals surface area contributed by atoms with Crippen molar-refractivity contribution in [2.45, 2.75) is 27.7 Å². The van der Waals surface area contributed by atoms with Crippen LogP contribution >= 0.6 is 23.2 Å². The Morgan fingerprint density at radius 1 is 1.18 bits per heavy atom. The molecule has 6 heteroatoms. The highest BCUT2D eigenvalue weighted by Crippen LogP contribution is 2.27. The second-order valence-corrected chi connectivity index (χ2v) is 6.09. The first-order valence-corrected chi connectivity index (χ1v) is 7.79. The third kappa shape index (κ3) is 14.0. The van der Waals surface area contributed by atoms with Gasteiger partial charge < -0.3 is 15.2 Å². The van der Waals surface area contributed by atoms with E-state index in [9.17, 15) is 4.79 Å². The molecule has 0 radical (unpaired) electrons. The number of ether oxygens (including phenoxy) is 1. The van der Waals surface area contributed by atoms with Crippen molar-refractivity contribution in [3.05, 3.63) is 28.2 Å². The molecule has 0 bridgehead atoms. The van der Waals surface area contributed by atoms with E-state index in [0.717, 1.165) is 11.8 Å². The molecule has 0 aliphatic rings. The van der Waals surface area contributed by atoms with E-state index < -0.39 is 12.6 Å². The predicted octanol–water partition coefficient (Wildman–Crippen LogP) is 4.59. The number of carboxylic acids is 1. The quantitative estimate of drug-likeness (QED) is 0.832. The van der Waals surface area contributed by atoms with Crippen molar-refractivity contribution in [1.29, 1.82) is 0 Å². The number of hydrogen-bond donors (Lipinski definition) is 2. The van der Waals surface area contributed by atoms with Crippen LogP contribution in [0, 0.1) is 11.8 Å². The Morgan fingerprint density at radius 2 is 1.64 bits per heavy atom. The SMILES string of the molecule is CC(C)C(C)C.CNC.O=C(O)COc1ccc(Cl)cc1Cl. The molecule has 0 saturated carbocycles. The Labute approximate surface area is 143 Å². The summed E-state index contributed by atoms with van der Waals surface area (Å²) in [4.78, 5) is 10.2. The average Bonchev–Trinajstić information content (AvgIpc) is 2.39. The van der Waals surface area contributed by atoms with Gasteiger partial charge in [-0.05, 0) is 44.1 Å². The van der Waals surface area contributed by atoms with Crippen LogP contribution in [0.4, 0.5) is 0 Å². The number of carbonyl (C=O) groups is 1. The maximum absolute atomic E-state index is 10.2. The molecule has 0 aliphatic heterocycles. The van der Waals surface area contributed by atoms with Crippen molar-refractivity contribution in [3.63, 3.8) is 0 Å². The first kappa shape index (κ1) is 23.3. The first-order valence-electron chi connectivity index (χ1n) is 7.03. The first-order chi connectivity index (χ1) is 10.1. The van der Waals surface area contributed by atoms with Gasteiger partial charge >= 0.3 is 5.97 Å². The van der Waals surface area contributed by atoms with Gasteiger partial charge in [0.2, 0.25) is 0 Å². The lowest BCUT2D eigenvalue weighted by Crippen LogP contribution is -2.09. The minimum absolute atomic E-state index is 0.300. The second kappa shape index (κ2) is 13.7. The Hall–Kier alpha value is -0.970. The summed E-state index contributed by atoms with van der Waals surface area (Å²) in [5, 5.41) is 11.9. The second-order valence-electron chi connectivity index (χ2n) is 5.25. The van der Waals surface area contributed by atoms with Gasteiger partial charge in [0.05, 0.1) is 5.02 Å². The molecule has 22 heavy (non-hydrogen) atoms. The minimum Gasteiger partial charge on any atom is -0.480 e. The molecule has 1 rings (SSSR count). The Kier molecular flexibility index (Phi) is 14.5. The van der Waals surface area contributed by atoms with E-state index in [-0.39, 0.29) is 0 Å². The summed E-state index contributed by atoms with van der Waals surface area (Å²) < 4.78 is 4.86. The summed E-state index contributed by atoms with van der Waals surface area (Å²) in [5.41, 5.74) is 0. The van der Waals surface area contributed by atoms with E-state index in [1.807, 2.05) is 14.1 Å². The highest BCUT2D eigenvalue weighted by Gasteiger charge is 2.04. The van der Waals surface area contributed by atoms with Gasteiger partial charge in [0.25, 0.3) is 0 Å². The Morgan fingerprint density at radius 3 is 1.95 bits per heavy atom. The normalized spacial score (nSPS) is 9.55. The summed E-state index contributed by atoms with van der Waals surface area (Å²) in [5.74, 6) is 0.967. The van der Waals surface area contributed by atoms with Crippen LogP contribution in [-0.4, -0.2) is 31.8 Å². The smallest absolute Gasteiger partial charge is 0.341 e. The van der Waals surface area contributed by atoms with Crippen LogP contribution in [0.3, 0.4) is 0 Å². The molecule has 2 N–H and O–H groups in total. The van der Waals surface area contributed by atoms with Gasteiger partial charge in [0, 0.05) is 5.02 Å². The molecule has 0 unspecified atom stereocenters. The highest BCUT2D eigenvalue weighted by atomic mass is 35.5. The lowest BCUT2D eigenvalue weighted by molar-refractivity contribution is -0.139. The van der Waals surface area contributed by atoms with Gasteiger partial charge in [-0.3, -0.25) is 0 Å². The van der Waals surface area contributed by atoms with Crippen LogP contribution < -0.4 is 10.1 Å². The fourth-order valence-electron chi connectivity index (χ4n) is 0.732. The molecule has 0 atom stereocenters. The number of rotatable bonds is 4. The van der Waals surface area contributed by atoms with Crippen LogP contribution in [-0.2, 0) is 4.79 Å². The number of nitrogens with one attached hydrogen (secondary N) is 1. The molecule has 1 aromatic carbocycles. The molecule has 0 aliphatic carbocycles. The molecule has 0 spiro atoms. The molecule has 0 heterocycles. The topological polar surface area (TPSA) is 58.6 Å². The van der Waals surface area contributed by atoms with Crippen molar-refractivity contribution in [3.8, 4) is 5.75 Å². The number of hydrogen-bond acceptors (Lipinski definition) is 3. The van der Waals surface area contributed by atoms with Gasteiger partial charge in [-0.2, -0.15) is 0 Å². The summed E-state index contributed by atoms with van der Waals surface area (Å²) in [6, 6.07) is 4.58. The standard InChI is InChI=1S/C8H6Cl2O3.C6H14.C2H7N/c9-5-1-2-7(6(10)3-5)13-4-8(11)12;1-5(2)6(3)4;1-3-2/h1-3H,4H2,(H,11,12);5-6H,1-4H3;3H,1-2H3. The number of benzene rings is 1. The molecule has 1 aromatic rings. The molecule has 0 aromatic heterocycles. The number of halogens is 2. The van der Waals surface area contributed by atoms with Crippen molar-refractivity contribution in [2.24, 2.45) is 11.8 Å². The van der Waals surface area contributed by atoms with Crippen LogP contribution in [0.2, 0.25) is 10.0 Å². The lowest BCUT2D eigenvalue weighted by Gasteiger charge is -2.05. The maximum Gasteiger partial charge on any atom is 0.341 e. The monoisotopic (exact) mass is 351 g/mol. The number of carboxylic acid groups (broad SMARTS) is 1. The van der Waals surface area contributed by atoms with E-state index in [0.29, 0.717) is 15.8 Å². The van der Waals surface area contributed by atoms with Gasteiger partial charge in [-0.1, -0.05) is 50.9 Å². The maximum atomic E-state index is 10.2. The Balaban J connectivity index is 0. The molecular weight excluding hydrogens is 325 g/mol. The van der Waals surface area contributed by atoms with Crippen molar-refractivity contribution in [1.82, 2.24) is 5.32 Å². The molecule has 128 valence electrons. The summed E-state index contributed by atoms with van der Waals surface area (Å²) in [6.07, 6.45) is 0. The van der Waals surface area contributed by atoms with E-state index >= 15 is 0 Å².